The highest BCUT2D eigenvalue weighted by molar-refractivity contribution is 6.43. The molecule has 1 aliphatic rings. The van der Waals surface area contributed by atoms with E-state index in [1.807, 2.05) is 6.07 Å². The summed E-state index contributed by atoms with van der Waals surface area (Å²) in [5.41, 5.74) is 1.01. The van der Waals surface area contributed by atoms with E-state index in [2.05, 4.69) is 6.07 Å². The van der Waals surface area contributed by atoms with Gasteiger partial charge in [0.05, 0.1) is 17.7 Å². The summed E-state index contributed by atoms with van der Waals surface area (Å²) in [5.74, 6) is 0.865. The molecular weight excluding hydrogens is 245 g/mol. The van der Waals surface area contributed by atoms with Gasteiger partial charge in [0.25, 0.3) is 0 Å². The Morgan fingerprint density at radius 2 is 2.25 bits per heavy atom. The smallest absolute Gasteiger partial charge is 0.142 e. The number of nitriles is 1. The van der Waals surface area contributed by atoms with E-state index in [9.17, 15) is 0 Å². The SMILES string of the molecule is N#CCC1CCCOc2c1ccc(Cl)c2Cl. The van der Waals surface area contributed by atoms with Gasteiger partial charge in [0.1, 0.15) is 10.8 Å². The molecule has 1 unspecified atom stereocenters. The zero-order chi connectivity index (χ0) is 11.5. The third kappa shape index (κ3) is 2.11. The van der Waals surface area contributed by atoms with Crippen molar-refractivity contribution in [2.75, 3.05) is 6.61 Å². The fourth-order valence-corrected chi connectivity index (χ4v) is 2.37. The van der Waals surface area contributed by atoms with Crippen LogP contribution in [0, 0.1) is 11.3 Å². The molecule has 1 aliphatic heterocycles. The Labute approximate surface area is 105 Å². The molecule has 0 radical (unpaired) electrons. The summed E-state index contributed by atoms with van der Waals surface area (Å²) >= 11 is 12.1. The number of ether oxygens (including phenoxy) is 1. The van der Waals surface area contributed by atoms with E-state index in [0.717, 1.165) is 18.4 Å². The summed E-state index contributed by atoms with van der Waals surface area (Å²) in [4.78, 5) is 0. The van der Waals surface area contributed by atoms with Gasteiger partial charge in [0.2, 0.25) is 0 Å². The van der Waals surface area contributed by atoms with E-state index in [0.29, 0.717) is 28.8 Å². The van der Waals surface area contributed by atoms with Crippen molar-refractivity contribution in [1.29, 1.82) is 5.26 Å². The van der Waals surface area contributed by atoms with Crippen LogP contribution in [0.3, 0.4) is 0 Å². The van der Waals surface area contributed by atoms with Gasteiger partial charge in [-0.05, 0) is 24.5 Å². The van der Waals surface area contributed by atoms with E-state index in [1.54, 1.807) is 6.07 Å². The fraction of sp³-hybridized carbons (Fsp3) is 0.417. The quantitative estimate of drug-likeness (QED) is 0.755. The zero-order valence-corrected chi connectivity index (χ0v) is 10.2. The van der Waals surface area contributed by atoms with Crippen molar-refractivity contribution < 1.29 is 4.74 Å². The molecule has 1 aromatic carbocycles. The van der Waals surface area contributed by atoms with Crippen LogP contribution < -0.4 is 4.74 Å². The number of hydrogen-bond donors (Lipinski definition) is 0. The maximum atomic E-state index is 8.81. The lowest BCUT2D eigenvalue weighted by molar-refractivity contribution is 0.316. The Morgan fingerprint density at radius 3 is 3.00 bits per heavy atom. The van der Waals surface area contributed by atoms with Crippen LogP contribution in [-0.4, -0.2) is 6.61 Å². The molecule has 84 valence electrons. The normalized spacial score (nSPS) is 19.2. The molecule has 16 heavy (non-hydrogen) atoms. The highest BCUT2D eigenvalue weighted by atomic mass is 35.5. The minimum atomic E-state index is 0.206. The second-order valence-corrected chi connectivity index (χ2v) is 4.61. The highest BCUT2D eigenvalue weighted by Gasteiger charge is 2.22. The Morgan fingerprint density at radius 1 is 1.44 bits per heavy atom. The molecule has 2 rings (SSSR count). The van der Waals surface area contributed by atoms with Crippen LogP contribution in [0.15, 0.2) is 12.1 Å². The second-order valence-electron chi connectivity index (χ2n) is 3.83. The van der Waals surface area contributed by atoms with E-state index < -0.39 is 0 Å². The summed E-state index contributed by atoms with van der Waals surface area (Å²) in [6.07, 6.45) is 2.39. The van der Waals surface area contributed by atoms with Crippen LogP contribution in [0.2, 0.25) is 10.0 Å². The van der Waals surface area contributed by atoms with Crippen molar-refractivity contribution in [3.8, 4) is 11.8 Å². The number of fused-ring (bicyclic) bond motifs is 1. The van der Waals surface area contributed by atoms with E-state index in [-0.39, 0.29) is 5.92 Å². The Hall–Kier alpha value is -0.910. The third-order valence-electron chi connectivity index (χ3n) is 2.80. The lowest BCUT2D eigenvalue weighted by Crippen LogP contribution is -1.98. The van der Waals surface area contributed by atoms with Gasteiger partial charge in [-0.25, -0.2) is 0 Å². The average Bonchev–Trinajstić information content (AvgIpc) is 2.48. The predicted octanol–water partition coefficient (Wildman–Crippen LogP) is 4.16. The predicted molar refractivity (Wildman–Crippen MR) is 64.2 cm³/mol. The largest absolute Gasteiger partial charge is 0.492 e. The minimum absolute atomic E-state index is 0.206. The van der Waals surface area contributed by atoms with Gasteiger partial charge < -0.3 is 4.74 Å². The van der Waals surface area contributed by atoms with Crippen molar-refractivity contribution in [2.45, 2.75) is 25.2 Å². The molecule has 2 nitrogen and oxygen atoms in total. The lowest BCUT2D eigenvalue weighted by atomic mass is 9.92. The molecule has 1 aromatic rings. The summed E-state index contributed by atoms with van der Waals surface area (Å²) in [6, 6.07) is 5.89. The van der Waals surface area contributed by atoms with E-state index in [1.165, 1.54) is 0 Å². The molecule has 4 heteroatoms. The Bertz CT molecular complexity index is 439. The van der Waals surface area contributed by atoms with Gasteiger partial charge in [0.15, 0.2) is 0 Å². The van der Waals surface area contributed by atoms with Crippen molar-refractivity contribution in [3.63, 3.8) is 0 Å². The minimum Gasteiger partial charge on any atom is -0.492 e. The van der Waals surface area contributed by atoms with Gasteiger partial charge >= 0.3 is 0 Å². The monoisotopic (exact) mass is 255 g/mol. The van der Waals surface area contributed by atoms with Crippen molar-refractivity contribution in [3.05, 3.63) is 27.7 Å². The first-order valence-electron chi connectivity index (χ1n) is 5.21. The zero-order valence-electron chi connectivity index (χ0n) is 8.67. The molecule has 1 atom stereocenters. The molecule has 0 fully saturated rings. The molecular formula is C12H11Cl2NO. The van der Waals surface area contributed by atoms with Crippen LogP contribution >= 0.6 is 23.2 Å². The topological polar surface area (TPSA) is 33.0 Å². The van der Waals surface area contributed by atoms with E-state index in [4.69, 9.17) is 33.2 Å². The van der Waals surface area contributed by atoms with Gasteiger partial charge in [-0.3, -0.25) is 0 Å². The Balaban J connectivity index is 2.47. The standard InChI is InChI=1S/C12H11Cl2NO/c13-10-4-3-9-8(5-6-15)2-1-7-16-12(9)11(10)14/h3-4,8H,1-2,5,7H2. The third-order valence-corrected chi connectivity index (χ3v) is 3.59. The van der Waals surface area contributed by atoms with Gasteiger partial charge in [-0.1, -0.05) is 29.3 Å². The maximum absolute atomic E-state index is 8.81. The lowest BCUT2D eigenvalue weighted by Gasteiger charge is -2.15. The van der Waals surface area contributed by atoms with Gasteiger partial charge in [-0.15, -0.1) is 0 Å². The average molecular weight is 256 g/mol. The second kappa shape index (κ2) is 4.95. The number of benzene rings is 1. The van der Waals surface area contributed by atoms with Crippen LogP contribution in [0.1, 0.15) is 30.7 Å². The van der Waals surface area contributed by atoms with Crippen LogP contribution in [0.5, 0.6) is 5.75 Å². The molecule has 0 amide bonds. The molecule has 0 N–H and O–H groups in total. The van der Waals surface area contributed by atoms with Crippen molar-refractivity contribution in [2.24, 2.45) is 0 Å². The fourth-order valence-electron chi connectivity index (χ4n) is 2.00. The number of nitrogens with zero attached hydrogens (tertiary/aromatic N) is 1. The Kier molecular flexibility index (Phi) is 3.58. The molecule has 0 aliphatic carbocycles. The van der Waals surface area contributed by atoms with Crippen LogP contribution in [-0.2, 0) is 0 Å². The molecule has 1 heterocycles. The van der Waals surface area contributed by atoms with Crippen molar-refractivity contribution in [1.82, 2.24) is 0 Å². The van der Waals surface area contributed by atoms with Gasteiger partial charge in [-0.2, -0.15) is 5.26 Å². The summed E-state index contributed by atoms with van der Waals surface area (Å²) in [6.45, 7) is 0.634. The number of rotatable bonds is 1. The number of halogens is 2. The number of hydrogen-bond acceptors (Lipinski definition) is 2. The summed E-state index contributed by atoms with van der Waals surface area (Å²) < 4.78 is 5.61. The maximum Gasteiger partial charge on any atom is 0.142 e. The van der Waals surface area contributed by atoms with E-state index >= 15 is 0 Å². The molecule has 0 bridgehead atoms. The molecule has 0 saturated carbocycles. The molecule has 0 aromatic heterocycles. The van der Waals surface area contributed by atoms with Crippen molar-refractivity contribution >= 4 is 23.2 Å². The first-order chi connectivity index (χ1) is 7.74. The van der Waals surface area contributed by atoms with Crippen LogP contribution in [0.25, 0.3) is 0 Å². The van der Waals surface area contributed by atoms with Crippen LogP contribution in [0.4, 0.5) is 0 Å². The highest BCUT2D eigenvalue weighted by Crippen LogP contribution is 2.42. The van der Waals surface area contributed by atoms with Gasteiger partial charge in [0, 0.05) is 12.3 Å². The molecule has 0 spiro atoms. The first kappa shape index (κ1) is 11.6. The summed E-state index contributed by atoms with van der Waals surface area (Å²) in [7, 11) is 0. The molecule has 0 saturated heterocycles. The first-order valence-corrected chi connectivity index (χ1v) is 5.97. The summed E-state index contributed by atoms with van der Waals surface area (Å²) in [5, 5.41) is 9.77.